The van der Waals surface area contributed by atoms with Gasteiger partial charge in [0.15, 0.2) is 0 Å². The fourth-order valence-electron chi connectivity index (χ4n) is 2.71. The lowest BCUT2D eigenvalue weighted by Gasteiger charge is -2.31. The van der Waals surface area contributed by atoms with Gasteiger partial charge in [0.1, 0.15) is 5.82 Å². The average Bonchev–Trinajstić information content (AvgIpc) is 2.56. The number of carbonyl (C=O) groups is 1. The fraction of sp³-hybridized carbons (Fsp3) is 0.333. The van der Waals surface area contributed by atoms with Gasteiger partial charge in [0.2, 0.25) is 0 Å². The van der Waals surface area contributed by atoms with Crippen LogP contribution in [-0.2, 0) is 0 Å². The molecule has 2 aromatic rings. The first-order valence-electron chi connectivity index (χ1n) is 7.90. The second-order valence-electron chi connectivity index (χ2n) is 6.04. The lowest BCUT2D eigenvalue weighted by molar-refractivity contribution is 0.102. The van der Waals surface area contributed by atoms with Gasteiger partial charge in [-0.25, -0.2) is 4.98 Å². The molecule has 1 N–H and O–H groups in total. The quantitative estimate of drug-likeness (QED) is 0.870. The normalized spacial score (nSPS) is 15.5. The van der Waals surface area contributed by atoms with E-state index in [-0.39, 0.29) is 5.91 Å². The molecule has 4 nitrogen and oxygen atoms in total. The SMILES string of the molecule is CC1CCN(c2ccc(C(=O)Nc3cccc(Br)c3)cn2)CC1. The first-order chi connectivity index (χ1) is 11.1. The van der Waals surface area contributed by atoms with E-state index < -0.39 is 0 Å². The number of hydrogen-bond acceptors (Lipinski definition) is 3. The van der Waals surface area contributed by atoms with Crippen molar-refractivity contribution in [2.45, 2.75) is 19.8 Å². The molecule has 3 rings (SSSR count). The van der Waals surface area contributed by atoms with Crippen molar-refractivity contribution in [3.8, 4) is 0 Å². The monoisotopic (exact) mass is 373 g/mol. The molecular weight excluding hydrogens is 354 g/mol. The Hall–Kier alpha value is -1.88. The summed E-state index contributed by atoms with van der Waals surface area (Å²) in [6.07, 6.45) is 4.06. The van der Waals surface area contributed by atoms with Gasteiger partial charge in [0.05, 0.1) is 5.56 Å². The van der Waals surface area contributed by atoms with E-state index in [0.29, 0.717) is 5.56 Å². The van der Waals surface area contributed by atoms with E-state index in [0.717, 1.165) is 35.0 Å². The van der Waals surface area contributed by atoms with Gasteiger partial charge < -0.3 is 10.2 Å². The Morgan fingerprint density at radius 2 is 2.04 bits per heavy atom. The summed E-state index contributed by atoms with van der Waals surface area (Å²) in [6.45, 7) is 4.37. The second kappa shape index (κ2) is 7.13. The third kappa shape index (κ3) is 4.10. The molecule has 23 heavy (non-hydrogen) atoms. The van der Waals surface area contributed by atoms with Gasteiger partial charge in [-0.3, -0.25) is 4.79 Å². The van der Waals surface area contributed by atoms with Gasteiger partial charge in [-0.05, 0) is 49.1 Å². The Balaban J connectivity index is 1.65. The van der Waals surface area contributed by atoms with E-state index in [2.05, 4.69) is 38.1 Å². The highest BCUT2D eigenvalue weighted by Crippen LogP contribution is 2.21. The standard InChI is InChI=1S/C18H20BrN3O/c1-13-7-9-22(10-8-13)17-6-5-14(12-20-17)18(23)21-16-4-2-3-15(19)11-16/h2-6,11-13H,7-10H2,1H3,(H,21,23). The van der Waals surface area contributed by atoms with Gasteiger partial charge in [0.25, 0.3) is 5.91 Å². The maximum atomic E-state index is 12.3. The molecule has 0 atom stereocenters. The van der Waals surface area contributed by atoms with E-state index in [1.54, 1.807) is 6.20 Å². The number of halogens is 1. The fourth-order valence-corrected chi connectivity index (χ4v) is 3.11. The second-order valence-corrected chi connectivity index (χ2v) is 6.95. The summed E-state index contributed by atoms with van der Waals surface area (Å²) in [6, 6.07) is 11.3. The molecule has 0 radical (unpaired) electrons. The Morgan fingerprint density at radius 3 is 2.70 bits per heavy atom. The Kier molecular flexibility index (Phi) is 4.96. The van der Waals surface area contributed by atoms with Crippen LogP contribution in [-0.4, -0.2) is 24.0 Å². The van der Waals surface area contributed by atoms with Gasteiger partial charge in [-0.1, -0.05) is 28.9 Å². The van der Waals surface area contributed by atoms with Crippen molar-refractivity contribution in [3.63, 3.8) is 0 Å². The molecule has 120 valence electrons. The van der Waals surface area contributed by atoms with Gasteiger partial charge >= 0.3 is 0 Å². The number of nitrogens with one attached hydrogen (secondary N) is 1. The summed E-state index contributed by atoms with van der Waals surface area (Å²) in [5, 5.41) is 2.88. The van der Waals surface area contributed by atoms with Crippen molar-refractivity contribution in [3.05, 3.63) is 52.6 Å². The molecule has 0 aliphatic carbocycles. The zero-order valence-electron chi connectivity index (χ0n) is 13.1. The molecule has 5 heteroatoms. The topological polar surface area (TPSA) is 45.2 Å². The number of anilines is 2. The number of aromatic nitrogens is 1. The van der Waals surface area contributed by atoms with E-state index in [1.165, 1.54) is 12.8 Å². The molecule has 1 amide bonds. The van der Waals surface area contributed by atoms with Crippen LogP contribution in [0, 0.1) is 5.92 Å². The highest BCUT2D eigenvalue weighted by molar-refractivity contribution is 9.10. The van der Waals surface area contributed by atoms with Crippen LogP contribution in [0.15, 0.2) is 47.1 Å². The molecule has 0 spiro atoms. The maximum absolute atomic E-state index is 12.3. The van der Waals surface area contributed by atoms with Gasteiger partial charge in [-0.15, -0.1) is 0 Å². The van der Waals surface area contributed by atoms with E-state index in [9.17, 15) is 4.79 Å². The Bertz CT molecular complexity index is 679. The number of rotatable bonds is 3. The van der Waals surface area contributed by atoms with E-state index in [4.69, 9.17) is 0 Å². The minimum absolute atomic E-state index is 0.144. The minimum Gasteiger partial charge on any atom is -0.357 e. The highest BCUT2D eigenvalue weighted by atomic mass is 79.9. The number of carbonyl (C=O) groups excluding carboxylic acids is 1. The minimum atomic E-state index is -0.144. The molecule has 1 fully saturated rings. The van der Waals surface area contributed by atoms with Crippen LogP contribution in [0.2, 0.25) is 0 Å². The summed E-state index contributed by atoms with van der Waals surface area (Å²) in [5.74, 6) is 1.60. The van der Waals surface area contributed by atoms with Crippen LogP contribution in [0.25, 0.3) is 0 Å². The van der Waals surface area contributed by atoms with Crippen molar-refractivity contribution in [1.82, 2.24) is 4.98 Å². The Morgan fingerprint density at radius 1 is 1.26 bits per heavy atom. The van der Waals surface area contributed by atoms with Crippen molar-refractivity contribution in [2.75, 3.05) is 23.3 Å². The molecule has 2 heterocycles. The summed E-state index contributed by atoms with van der Waals surface area (Å²) in [4.78, 5) is 19.0. The predicted octanol–water partition coefficient (Wildman–Crippen LogP) is 4.33. The highest BCUT2D eigenvalue weighted by Gasteiger charge is 2.17. The van der Waals surface area contributed by atoms with Crippen molar-refractivity contribution >= 4 is 33.3 Å². The molecule has 0 unspecified atom stereocenters. The summed E-state index contributed by atoms with van der Waals surface area (Å²) < 4.78 is 0.933. The smallest absolute Gasteiger partial charge is 0.257 e. The van der Waals surface area contributed by atoms with Crippen molar-refractivity contribution in [2.24, 2.45) is 5.92 Å². The van der Waals surface area contributed by atoms with Crippen LogP contribution in [0.3, 0.4) is 0 Å². The third-order valence-corrected chi connectivity index (χ3v) is 4.69. The van der Waals surface area contributed by atoms with Crippen LogP contribution in [0.5, 0.6) is 0 Å². The lowest BCUT2D eigenvalue weighted by atomic mass is 9.99. The van der Waals surface area contributed by atoms with E-state index >= 15 is 0 Å². The van der Waals surface area contributed by atoms with Crippen molar-refractivity contribution in [1.29, 1.82) is 0 Å². The lowest BCUT2D eigenvalue weighted by Crippen LogP contribution is -2.33. The number of piperidine rings is 1. The Labute approximate surface area is 145 Å². The summed E-state index contributed by atoms with van der Waals surface area (Å²) in [5.41, 5.74) is 1.33. The zero-order chi connectivity index (χ0) is 16.2. The maximum Gasteiger partial charge on any atom is 0.257 e. The number of hydrogen-bond donors (Lipinski definition) is 1. The van der Waals surface area contributed by atoms with E-state index in [1.807, 2.05) is 36.4 Å². The van der Waals surface area contributed by atoms with Gasteiger partial charge in [0, 0.05) is 29.4 Å². The molecule has 1 aliphatic rings. The average molecular weight is 374 g/mol. The van der Waals surface area contributed by atoms with Crippen LogP contribution < -0.4 is 10.2 Å². The summed E-state index contributed by atoms with van der Waals surface area (Å²) >= 11 is 3.40. The molecule has 1 aromatic carbocycles. The van der Waals surface area contributed by atoms with Crippen LogP contribution >= 0.6 is 15.9 Å². The van der Waals surface area contributed by atoms with Crippen LogP contribution in [0.4, 0.5) is 11.5 Å². The predicted molar refractivity (Wildman–Crippen MR) is 96.9 cm³/mol. The van der Waals surface area contributed by atoms with Crippen molar-refractivity contribution < 1.29 is 4.79 Å². The molecule has 1 aromatic heterocycles. The third-order valence-electron chi connectivity index (χ3n) is 4.20. The zero-order valence-corrected chi connectivity index (χ0v) is 14.7. The number of benzene rings is 1. The molecule has 1 saturated heterocycles. The molecular formula is C18H20BrN3O. The number of nitrogens with zero attached hydrogens (tertiary/aromatic N) is 2. The molecule has 1 aliphatic heterocycles. The molecule has 0 saturated carbocycles. The first kappa shape index (κ1) is 16.0. The number of pyridine rings is 1. The van der Waals surface area contributed by atoms with Crippen LogP contribution in [0.1, 0.15) is 30.1 Å². The number of amides is 1. The largest absolute Gasteiger partial charge is 0.357 e. The summed E-state index contributed by atoms with van der Waals surface area (Å²) in [7, 11) is 0. The molecule has 0 bridgehead atoms. The van der Waals surface area contributed by atoms with Gasteiger partial charge in [-0.2, -0.15) is 0 Å². The first-order valence-corrected chi connectivity index (χ1v) is 8.69.